The zero-order valence-corrected chi connectivity index (χ0v) is 12.9. The van der Waals surface area contributed by atoms with Crippen LogP contribution in [0.1, 0.15) is 23.6 Å². The molecule has 1 atom stereocenters. The van der Waals surface area contributed by atoms with E-state index in [4.69, 9.17) is 4.74 Å². The standard InChI is InChI=1S/C18H21NO3/c1-13-6-5-9-17(10-13)22-14(2)18(21)19-11-15-7-3-4-8-16(15)12-20/h3-10,14,20H,11-12H2,1-2H3,(H,19,21). The van der Waals surface area contributed by atoms with E-state index in [2.05, 4.69) is 5.32 Å². The summed E-state index contributed by atoms with van der Waals surface area (Å²) in [6.45, 7) is 4.03. The number of carbonyl (C=O) groups is 1. The number of benzene rings is 2. The molecule has 0 saturated heterocycles. The summed E-state index contributed by atoms with van der Waals surface area (Å²) in [5, 5.41) is 12.1. The Kier molecular flexibility index (Phi) is 5.55. The average Bonchev–Trinajstić information content (AvgIpc) is 2.52. The number of hydrogen-bond acceptors (Lipinski definition) is 3. The van der Waals surface area contributed by atoms with Crippen LogP contribution in [0.4, 0.5) is 0 Å². The van der Waals surface area contributed by atoms with E-state index in [-0.39, 0.29) is 12.5 Å². The monoisotopic (exact) mass is 299 g/mol. The van der Waals surface area contributed by atoms with Crippen molar-refractivity contribution in [1.29, 1.82) is 0 Å². The minimum atomic E-state index is -0.580. The van der Waals surface area contributed by atoms with Crippen LogP contribution in [0, 0.1) is 6.92 Å². The Labute approximate surface area is 130 Å². The summed E-state index contributed by atoms with van der Waals surface area (Å²) in [5.41, 5.74) is 2.80. The van der Waals surface area contributed by atoms with Gasteiger partial charge in [0, 0.05) is 6.54 Å². The Morgan fingerprint density at radius 1 is 1.18 bits per heavy atom. The molecule has 2 N–H and O–H groups in total. The van der Waals surface area contributed by atoms with Gasteiger partial charge >= 0.3 is 0 Å². The van der Waals surface area contributed by atoms with Gasteiger partial charge in [-0.05, 0) is 42.7 Å². The Hall–Kier alpha value is -2.33. The molecule has 1 amide bonds. The number of nitrogens with one attached hydrogen (secondary N) is 1. The zero-order valence-electron chi connectivity index (χ0n) is 12.9. The second-order valence-corrected chi connectivity index (χ2v) is 5.22. The molecule has 116 valence electrons. The maximum absolute atomic E-state index is 12.1. The molecular weight excluding hydrogens is 278 g/mol. The zero-order chi connectivity index (χ0) is 15.9. The number of rotatable bonds is 6. The highest BCUT2D eigenvalue weighted by molar-refractivity contribution is 5.80. The average molecular weight is 299 g/mol. The van der Waals surface area contributed by atoms with E-state index in [0.717, 1.165) is 16.7 Å². The first-order valence-corrected chi connectivity index (χ1v) is 7.29. The molecule has 2 rings (SSSR count). The first-order valence-electron chi connectivity index (χ1n) is 7.29. The van der Waals surface area contributed by atoms with Crippen molar-refractivity contribution in [2.75, 3.05) is 0 Å². The van der Waals surface area contributed by atoms with Crippen LogP contribution in [0.25, 0.3) is 0 Å². The fraction of sp³-hybridized carbons (Fsp3) is 0.278. The highest BCUT2D eigenvalue weighted by Gasteiger charge is 2.14. The summed E-state index contributed by atoms with van der Waals surface area (Å²) in [4.78, 5) is 12.1. The fourth-order valence-electron chi connectivity index (χ4n) is 2.16. The van der Waals surface area contributed by atoms with Gasteiger partial charge in [-0.3, -0.25) is 4.79 Å². The first-order chi connectivity index (χ1) is 10.6. The largest absolute Gasteiger partial charge is 0.481 e. The van der Waals surface area contributed by atoms with Crippen LogP contribution >= 0.6 is 0 Å². The van der Waals surface area contributed by atoms with Crippen LogP contribution in [0.15, 0.2) is 48.5 Å². The van der Waals surface area contributed by atoms with Gasteiger partial charge in [-0.1, -0.05) is 36.4 Å². The summed E-state index contributed by atoms with van der Waals surface area (Å²) in [6, 6.07) is 15.1. The van der Waals surface area contributed by atoms with Gasteiger partial charge in [0.25, 0.3) is 5.91 Å². The molecule has 4 nitrogen and oxygen atoms in total. The number of ether oxygens (including phenoxy) is 1. The maximum atomic E-state index is 12.1. The van der Waals surface area contributed by atoms with Crippen molar-refractivity contribution in [3.8, 4) is 5.75 Å². The van der Waals surface area contributed by atoms with E-state index < -0.39 is 6.10 Å². The van der Waals surface area contributed by atoms with Gasteiger partial charge in [-0.25, -0.2) is 0 Å². The van der Waals surface area contributed by atoms with Crippen molar-refractivity contribution in [3.63, 3.8) is 0 Å². The Morgan fingerprint density at radius 2 is 1.91 bits per heavy atom. The summed E-state index contributed by atoms with van der Waals surface area (Å²) in [6.07, 6.45) is -0.580. The minimum absolute atomic E-state index is 0.0403. The van der Waals surface area contributed by atoms with Crippen molar-refractivity contribution < 1.29 is 14.6 Å². The summed E-state index contributed by atoms with van der Waals surface area (Å²) < 4.78 is 5.64. The van der Waals surface area contributed by atoms with E-state index in [1.54, 1.807) is 6.92 Å². The molecule has 0 radical (unpaired) electrons. The van der Waals surface area contributed by atoms with Gasteiger partial charge in [0.1, 0.15) is 5.75 Å². The van der Waals surface area contributed by atoms with Crippen molar-refractivity contribution in [2.45, 2.75) is 33.1 Å². The van der Waals surface area contributed by atoms with Crippen molar-refractivity contribution >= 4 is 5.91 Å². The van der Waals surface area contributed by atoms with Crippen LogP contribution in [-0.2, 0) is 17.9 Å². The number of aryl methyl sites for hydroxylation is 1. The number of amides is 1. The maximum Gasteiger partial charge on any atom is 0.261 e. The molecular formula is C18H21NO3. The Morgan fingerprint density at radius 3 is 2.59 bits per heavy atom. The van der Waals surface area contributed by atoms with E-state index in [9.17, 15) is 9.90 Å². The summed E-state index contributed by atoms with van der Waals surface area (Å²) in [5.74, 6) is 0.493. The molecule has 0 saturated carbocycles. The topological polar surface area (TPSA) is 58.6 Å². The Bertz CT molecular complexity index is 640. The van der Waals surface area contributed by atoms with Crippen molar-refractivity contribution in [1.82, 2.24) is 5.32 Å². The second-order valence-electron chi connectivity index (χ2n) is 5.22. The molecule has 0 fully saturated rings. The molecule has 1 unspecified atom stereocenters. The molecule has 0 aromatic heterocycles. The summed E-state index contributed by atoms with van der Waals surface area (Å²) in [7, 11) is 0. The highest BCUT2D eigenvalue weighted by Crippen LogP contribution is 2.14. The normalized spacial score (nSPS) is 11.8. The van der Waals surface area contributed by atoms with Crippen LogP contribution in [0.5, 0.6) is 5.75 Å². The van der Waals surface area contributed by atoms with Gasteiger partial charge in [0.15, 0.2) is 6.10 Å². The quantitative estimate of drug-likeness (QED) is 0.862. The van der Waals surface area contributed by atoms with Gasteiger partial charge in [-0.15, -0.1) is 0 Å². The van der Waals surface area contributed by atoms with E-state index >= 15 is 0 Å². The molecule has 0 aliphatic rings. The number of carbonyl (C=O) groups excluding carboxylic acids is 1. The molecule has 0 spiro atoms. The first kappa shape index (κ1) is 16.0. The third-order valence-electron chi connectivity index (χ3n) is 3.41. The van der Waals surface area contributed by atoms with Crippen molar-refractivity contribution in [3.05, 3.63) is 65.2 Å². The minimum Gasteiger partial charge on any atom is -0.481 e. The second kappa shape index (κ2) is 7.61. The lowest BCUT2D eigenvalue weighted by Crippen LogP contribution is -2.36. The molecule has 4 heteroatoms. The van der Waals surface area contributed by atoms with Gasteiger partial charge in [0.05, 0.1) is 6.61 Å². The van der Waals surface area contributed by atoms with Crippen molar-refractivity contribution in [2.24, 2.45) is 0 Å². The van der Waals surface area contributed by atoms with E-state index in [1.165, 1.54) is 0 Å². The van der Waals surface area contributed by atoms with Gasteiger partial charge in [0.2, 0.25) is 0 Å². The predicted molar refractivity (Wildman–Crippen MR) is 85.5 cm³/mol. The van der Waals surface area contributed by atoms with Crippen LogP contribution in [0.2, 0.25) is 0 Å². The molecule has 0 heterocycles. The molecule has 2 aromatic carbocycles. The van der Waals surface area contributed by atoms with E-state index in [0.29, 0.717) is 12.3 Å². The Balaban J connectivity index is 1.91. The predicted octanol–water partition coefficient (Wildman–Crippen LogP) is 2.57. The lowest BCUT2D eigenvalue weighted by atomic mass is 10.1. The van der Waals surface area contributed by atoms with Gasteiger partial charge < -0.3 is 15.2 Å². The molecule has 0 bridgehead atoms. The fourth-order valence-corrected chi connectivity index (χ4v) is 2.16. The third kappa shape index (κ3) is 4.33. The SMILES string of the molecule is Cc1cccc(OC(C)C(=O)NCc2ccccc2CO)c1. The highest BCUT2D eigenvalue weighted by atomic mass is 16.5. The molecule has 0 aliphatic carbocycles. The number of hydrogen-bond donors (Lipinski definition) is 2. The van der Waals surface area contributed by atoms with Crippen LogP contribution in [0.3, 0.4) is 0 Å². The number of aliphatic hydroxyl groups is 1. The molecule has 22 heavy (non-hydrogen) atoms. The van der Waals surface area contributed by atoms with Crippen LogP contribution < -0.4 is 10.1 Å². The van der Waals surface area contributed by atoms with E-state index in [1.807, 2.05) is 55.5 Å². The van der Waals surface area contributed by atoms with Crippen LogP contribution in [-0.4, -0.2) is 17.1 Å². The molecule has 0 aliphatic heterocycles. The smallest absolute Gasteiger partial charge is 0.261 e. The molecule has 2 aromatic rings. The summed E-state index contributed by atoms with van der Waals surface area (Å²) >= 11 is 0. The lowest BCUT2D eigenvalue weighted by Gasteiger charge is -2.16. The number of aliphatic hydroxyl groups excluding tert-OH is 1. The lowest BCUT2D eigenvalue weighted by molar-refractivity contribution is -0.127. The van der Waals surface area contributed by atoms with Gasteiger partial charge in [-0.2, -0.15) is 0 Å². The third-order valence-corrected chi connectivity index (χ3v) is 3.41.